The van der Waals surface area contributed by atoms with Gasteiger partial charge in [0, 0.05) is 11.1 Å². The van der Waals surface area contributed by atoms with Gasteiger partial charge in [-0.1, -0.05) is 0 Å². The van der Waals surface area contributed by atoms with E-state index in [4.69, 9.17) is 5.73 Å². The zero-order chi connectivity index (χ0) is 9.54. The van der Waals surface area contributed by atoms with Gasteiger partial charge in [-0.25, -0.2) is 0 Å². The maximum absolute atomic E-state index is 5.68. The quantitative estimate of drug-likeness (QED) is 0.527. The molecule has 0 atom stereocenters. The Kier molecular flexibility index (Phi) is 1.25. The second kappa shape index (κ2) is 2.41. The fourth-order valence-corrected chi connectivity index (χ4v) is 1.53. The van der Waals surface area contributed by atoms with E-state index in [9.17, 15) is 0 Å². The van der Waals surface area contributed by atoms with Gasteiger partial charge < -0.3 is 5.73 Å². The molecule has 0 fully saturated rings. The van der Waals surface area contributed by atoms with Crippen LogP contribution in [0.5, 0.6) is 0 Å². The lowest BCUT2D eigenvalue weighted by Crippen LogP contribution is -1.91. The van der Waals surface area contributed by atoms with Gasteiger partial charge in [0.2, 0.25) is 0 Å². The van der Waals surface area contributed by atoms with Crippen molar-refractivity contribution < 1.29 is 0 Å². The second-order valence-electron chi connectivity index (χ2n) is 3.10. The molecule has 2 heterocycles. The predicted octanol–water partition coefficient (Wildman–Crippen LogP) is 0.860. The molecule has 3 rings (SSSR count). The summed E-state index contributed by atoms with van der Waals surface area (Å²) in [7, 11) is 0. The first-order chi connectivity index (χ1) is 6.84. The number of hydrogen-bond donors (Lipinski definition) is 1. The predicted molar refractivity (Wildman–Crippen MR) is 52.7 cm³/mol. The van der Waals surface area contributed by atoms with Crippen LogP contribution in [0.25, 0.3) is 16.6 Å². The van der Waals surface area contributed by atoms with Gasteiger partial charge in [0.1, 0.15) is 0 Å². The Morgan fingerprint density at radius 1 is 1.14 bits per heavy atom. The van der Waals surface area contributed by atoms with Gasteiger partial charge in [0.15, 0.2) is 5.65 Å². The van der Waals surface area contributed by atoms with Crippen molar-refractivity contribution in [2.45, 2.75) is 0 Å². The van der Waals surface area contributed by atoms with Gasteiger partial charge >= 0.3 is 0 Å². The van der Waals surface area contributed by atoms with Crippen LogP contribution in [0.1, 0.15) is 0 Å². The van der Waals surface area contributed by atoms with Crippen molar-refractivity contribution in [3.8, 4) is 0 Å². The first-order valence-corrected chi connectivity index (χ1v) is 4.21. The molecule has 0 aliphatic heterocycles. The molecule has 0 aliphatic rings. The van der Waals surface area contributed by atoms with Crippen molar-refractivity contribution in [3.05, 3.63) is 30.3 Å². The van der Waals surface area contributed by atoms with Gasteiger partial charge in [-0.05, 0) is 40.8 Å². The normalized spacial score (nSPS) is 11.1. The lowest BCUT2D eigenvalue weighted by molar-refractivity contribution is 0.842. The first kappa shape index (κ1) is 7.25. The highest BCUT2D eigenvalue weighted by Gasteiger charge is 2.01. The van der Waals surface area contributed by atoms with Crippen LogP contribution >= 0.6 is 0 Å². The molecule has 0 radical (unpaired) electrons. The highest BCUT2D eigenvalue weighted by atomic mass is 15.5. The number of nitrogen functional groups attached to an aromatic ring is 1. The molecule has 3 aromatic rings. The topological polar surface area (TPSA) is 69.1 Å². The summed E-state index contributed by atoms with van der Waals surface area (Å²) in [5.74, 6) is 0. The third-order valence-corrected chi connectivity index (χ3v) is 2.19. The summed E-state index contributed by atoms with van der Waals surface area (Å²) in [4.78, 5) is 0. The molecule has 5 nitrogen and oxygen atoms in total. The van der Waals surface area contributed by atoms with Gasteiger partial charge in [-0.15, -0.1) is 5.10 Å². The SMILES string of the molecule is Nc1ccc2c(ccc3nnnn32)c1. The van der Waals surface area contributed by atoms with Crippen LogP contribution in [0.15, 0.2) is 30.3 Å². The molecule has 2 N–H and O–H groups in total. The molecule has 2 aromatic heterocycles. The van der Waals surface area contributed by atoms with E-state index < -0.39 is 0 Å². The van der Waals surface area contributed by atoms with E-state index in [1.165, 1.54) is 0 Å². The molecular formula is C9H7N5. The number of hydrogen-bond acceptors (Lipinski definition) is 4. The van der Waals surface area contributed by atoms with Crippen molar-refractivity contribution >= 4 is 22.2 Å². The monoisotopic (exact) mass is 185 g/mol. The molecule has 0 saturated heterocycles. The first-order valence-electron chi connectivity index (χ1n) is 4.21. The average molecular weight is 185 g/mol. The fourth-order valence-electron chi connectivity index (χ4n) is 1.53. The Labute approximate surface area is 79.1 Å². The minimum absolute atomic E-state index is 0.738. The van der Waals surface area contributed by atoms with Gasteiger partial charge in [0.05, 0.1) is 5.52 Å². The van der Waals surface area contributed by atoms with Crippen molar-refractivity contribution in [2.75, 3.05) is 5.73 Å². The zero-order valence-corrected chi connectivity index (χ0v) is 7.25. The highest BCUT2D eigenvalue weighted by molar-refractivity contribution is 5.84. The number of nitrogens with zero attached hydrogens (tertiary/aromatic N) is 4. The van der Waals surface area contributed by atoms with Crippen LogP contribution in [0.2, 0.25) is 0 Å². The fraction of sp³-hybridized carbons (Fsp3) is 0. The Morgan fingerprint density at radius 3 is 3.00 bits per heavy atom. The molecular weight excluding hydrogens is 178 g/mol. The van der Waals surface area contributed by atoms with Gasteiger partial charge in [-0.3, -0.25) is 0 Å². The van der Waals surface area contributed by atoms with Crippen LogP contribution in [-0.2, 0) is 0 Å². The maximum Gasteiger partial charge on any atom is 0.179 e. The van der Waals surface area contributed by atoms with Crippen molar-refractivity contribution in [3.63, 3.8) is 0 Å². The van der Waals surface area contributed by atoms with E-state index in [-0.39, 0.29) is 0 Å². The van der Waals surface area contributed by atoms with E-state index in [1.54, 1.807) is 4.52 Å². The number of tetrazole rings is 1. The molecule has 68 valence electrons. The summed E-state index contributed by atoms with van der Waals surface area (Å²) in [6.45, 7) is 0. The molecule has 0 spiro atoms. The Morgan fingerprint density at radius 2 is 2.07 bits per heavy atom. The summed E-state index contributed by atoms with van der Waals surface area (Å²) < 4.78 is 1.69. The lowest BCUT2D eigenvalue weighted by atomic mass is 10.2. The number of rotatable bonds is 0. The van der Waals surface area contributed by atoms with Crippen LogP contribution in [0, 0.1) is 0 Å². The van der Waals surface area contributed by atoms with Crippen LogP contribution in [0.4, 0.5) is 5.69 Å². The molecule has 14 heavy (non-hydrogen) atoms. The minimum atomic E-state index is 0.738. The Bertz CT molecular complexity index is 613. The largest absolute Gasteiger partial charge is 0.399 e. The van der Waals surface area contributed by atoms with E-state index in [1.807, 2.05) is 30.3 Å². The summed E-state index contributed by atoms with van der Waals surface area (Å²) >= 11 is 0. The molecule has 0 amide bonds. The summed E-state index contributed by atoms with van der Waals surface area (Å²) in [6.07, 6.45) is 0. The van der Waals surface area contributed by atoms with Crippen molar-refractivity contribution in [1.82, 2.24) is 20.0 Å². The van der Waals surface area contributed by atoms with Crippen molar-refractivity contribution in [1.29, 1.82) is 0 Å². The third-order valence-electron chi connectivity index (χ3n) is 2.19. The standard InChI is InChI=1S/C9H7N5/c10-7-2-3-8-6(5-7)1-4-9-11-12-13-14(8)9/h1-5H,10H2. The maximum atomic E-state index is 5.68. The van der Waals surface area contributed by atoms with E-state index >= 15 is 0 Å². The van der Waals surface area contributed by atoms with E-state index in [0.29, 0.717) is 0 Å². The average Bonchev–Trinajstić information content (AvgIpc) is 2.65. The minimum Gasteiger partial charge on any atom is -0.399 e. The molecule has 0 bridgehead atoms. The summed E-state index contributed by atoms with van der Waals surface area (Å²) in [5.41, 5.74) is 8.12. The van der Waals surface area contributed by atoms with Crippen LogP contribution < -0.4 is 5.73 Å². The van der Waals surface area contributed by atoms with E-state index in [2.05, 4.69) is 15.5 Å². The van der Waals surface area contributed by atoms with Crippen LogP contribution in [0.3, 0.4) is 0 Å². The lowest BCUT2D eigenvalue weighted by Gasteiger charge is -1.99. The van der Waals surface area contributed by atoms with Gasteiger partial charge in [-0.2, -0.15) is 4.52 Å². The number of benzene rings is 1. The second-order valence-corrected chi connectivity index (χ2v) is 3.10. The van der Waals surface area contributed by atoms with E-state index in [0.717, 1.165) is 22.2 Å². The number of pyridine rings is 1. The summed E-state index contributed by atoms with van der Waals surface area (Å²) in [5, 5.41) is 12.4. The number of fused-ring (bicyclic) bond motifs is 3. The number of aromatic nitrogens is 4. The zero-order valence-electron chi connectivity index (χ0n) is 7.25. The number of nitrogens with two attached hydrogens (primary N) is 1. The molecule has 5 heteroatoms. The van der Waals surface area contributed by atoms with Crippen LogP contribution in [-0.4, -0.2) is 20.0 Å². The van der Waals surface area contributed by atoms with Crippen molar-refractivity contribution in [2.24, 2.45) is 0 Å². The molecule has 0 unspecified atom stereocenters. The molecule has 0 aliphatic carbocycles. The Balaban J connectivity index is 2.57. The summed E-state index contributed by atoms with van der Waals surface area (Å²) in [6, 6.07) is 9.47. The van der Waals surface area contributed by atoms with Gasteiger partial charge in [0.25, 0.3) is 0 Å². The smallest absolute Gasteiger partial charge is 0.179 e. The highest BCUT2D eigenvalue weighted by Crippen LogP contribution is 2.17. The third kappa shape index (κ3) is 0.861. The Hall–Kier alpha value is -2.17. The molecule has 1 aromatic carbocycles. The molecule has 0 saturated carbocycles. The number of anilines is 1.